The Morgan fingerprint density at radius 2 is 1.72 bits per heavy atom. The van der Waals surface area contributed by atoms with Crippen LogP contribution in [0.1, 0.15) is 5.56 Å². The molecule has 0 saturated carbocycles. The van der Waals surface area contributed by atoms with Gasteiger partial charge in [0.2, 0.25) is 4.80 Å². The molecular formula is C24H16N4O3S. The standard InChI is InChI=1S/C24H16N4O3S/c29-28(30)20-12-6-5-11-19(20)26-24-27(25-15-17-8-2-1-3-9-17)21(16-32-24)23-14-18-10-4-7-13-22(18)31-23/h1-16H. The van der Waals surface area contributed by atoms with Gasteiger partial charge in [0.05, 0.1) is 11.1 Å². The smallest absolute Gasteiger partial charge is 0.294 e. The van der Waals surface area contributed by atoms with E-state index in [0.717, 1.165) is 16.5 Å². The van der Waals surface area contributed by atoms with E-state index in [1.54, 1.807) is 29.1 Å². The van der Waals surface area contributed by atoms with Crippen LogP contribution in [0.2, 0.25) is 0 Å². The van der Waals surface area contributed by atoms with Crippen LogP contribution in [0.5, 0.6) is 0 Å². The van der Waals surface area contributed by atoms with Crippen LogP contribution in [0, 0.1) is 10.1 Å². The van der Waals surface area contributed by atoms with Crippen LogP contribution in [0.3, 0.4) is 0 Å². The van der Waals surface area contributed by atoms with Gasteiger partial charge in [0.15, 0.2) is 5.76 Å². The van der Waals surface area contributed by atoms with E-state index < -0.39 is 4.92 Å². The predicted molar refractivity (Wildman–Crippen MR) is 125 cm³/mol. The molecule has 3 aromatic carbocycles. The molecule has 32 heavy (non-hydrogen) atoms. The Kier molecular flexibility index (Phi) is 5.19. The average Bonchev–Trinajstić information content (AvgIpc) is 3.42. The fourth-order valence-electron chi connectivity index (χ4n) is 3.25. The van der Waals surface area contributed by atoms with Gasteiger partial charge in [-0.25, -0.2) is 9.67 Å². The monoisotopic (exact) mass is 440 g/mol. The first-order chi connectivity index (χ1) is 15.7. The van der Waals surface area contributed by atoms with Crippen LogP contribution in [0.25, 0.3) is 22.4 Å². The third-order valence-corrected chi connectivity index (χ3v) is 5.60. The summed E-state index contributed by atoms with van der Waals surface area (Å²) < 4.78 is 7.68. The fraction of sp³-hybridized carbons (Fsp3) is 0. The first-order valence-corrected chi connectivity index (χ1v) is 10.6. The van der Waals surface area contributed by atoms with Gasteiger partial charge in [0.25, 0.3) is 5.69 Å². The molecular weight excluding hydrogens is 424 g/mol. The molecule has 0 bridgehead atoms. The molecule has 0 saturated heterocycles. The average molecular weight is 440 g/mol. The summed E-state index contributed by atoms with van der Waals surface area (Å²) in [5.74, 6) is 0.636. The van der Waals surface area contributed by atoms with Crippen LogP contribution in [0.4, 0.5) is 11.4 Å². The minimum Gasteiger partial charge on any atom is -0.454 e. The Morgan fingerprint density at radius 1 is 0.969 bits per heavy atom. The summed E-state index contributed by atoms with van der Waals surface area (Å²) in [4.78, 5) is 16.0. The van der Waals surface area contributed by atoms with Gasteiger partial charge in [-0.3, -0.25) is 10.1 Å². The highest BCUT2D eigenvalue weighted by Gasteiger charge is 2.15. The number of hydrogen-bond acceptors (Lipinski definition) is 6. The number of rotatable bonds is 5. The second kappa shape index (κ2) is 8.44. The Morgan fingerprint density at radius 3 is 2.53 bits per heavy atom. The van der Waals surface area contributed by atoms with Crippen molar-refractivity contribution in [3.05, 3.63) is 111 Å². The Hall–Kier alpha value is -4.30. The van der Waals surface area contributed by atoms with Crippen LogP contribution in [-0.2, 0) is 0 Å². The molecule has 0 aliphatic carbocycles. The number of nitro groups is 1. The zero-order valence-corrected chi connectivity index (χ0v) is 17.5. The number of furan rings is 1. The Bertz CT molecular complexity index is 1480. The third-order valence-electron chi connectivity index (χ3n) is 4.78. The molecule has 0 aliphatic rings. The summed E-state index contributed by atoms with van der Waals surface area (Å²) in [5, 5.41) is 18.9. The van der Waals surface area contributed by atoms with E-state index in [4.69, 9.17) is 4.42 Å². The van der Waals surface area contributed by atoms with Gasteiger partial charge in [0.1, 0.15) is 17.0 Å². The molecule has 0 amide bonds. The van der Waals surface area contributed by atoms with Crippen molar-refractivity contribution < 1.29 is 9.34 Å². The van der Waals surface area contributed by atoms with Crippen LogP contribution in [-0.4, -0.2) is 15.8 Å². The van der Waals surface area contributed by atoms with E-state index >= 15 is 0 Å². The van der Waals surface area contributed by atoms with E-state index in [9.17, 15) is 10.1 Å². The number of hydrogen-bond donors (Lipinski definition) is 0. The normalized spacial score (nSPS) is 12.1. The first-order valence-electron chi connectivity index (χ1n) is 9.76. The highest BCUT2D eigenvalue weighted by atomic mass is 32.1. The molecule has 5 aromatic rings. The first kappa shape index (κ1) is 19.7. The number of para-hydroxylation sites is 3. The fourth-order valence-corrected chi connectivity index (χ4v) is 4.08. The van der Waals surface area contributed by atoms with Gasteiger partial charge >= 0.3 is 0 Å². The van der Waals surface area contributed by atoms with E-state index in [2.05, 4.69) is 10.1 Å². The largest absolute Gasteiger partial charge is 0.454 e. The van der Waals surface area contributed by atoms with E-state index in [1.165, 1.54) is 17.4 Å². The molecule has 156 valence electrons. The third kappa shape index (κ3) is 3.86. The van der Waals surface area contributed by atoms with Gasteiger partial charge in [-0.15, -0.1) is 11.3 Å². The molecule has 2 aromatic heterocycles. The van der Waals surface area contributed by atoms with Gasteiger partial charge in [-0.1, -0.05) is 60.7 Å². The molecule has 0 radical (unpaired) electrons. The van der Waals surface area contributed by atoms with Crippen molar-refractivity contribution in [3.63, 3.8) is 0 Å². The summed E-state index contributed by atoms with van der Waals surface area (Å²) in [5.41, 5.74) is 2.59. The lowest BCUT2D eigenvalue weighted by Gasteiger charge is -2.01. The second-order valence-electron chi connectivity index (χ2n) is 6.88. The summed E-state index contributed by atoms with van der Waals surface area (Å²) in [6.45, 7) is 0. The highest BCUT2D eigenvalue weighted by molar-refractivity contribution is 7.07. The quantitative estimate of drug-likeness (QED) is 0.191. The number of fused-ring (bicyclic) bond motifs is 1. The number of thiazole rings is 1. The van der Waals surface area contributed by atoms with E-state index in [1.807, 2.05) is 66.0 Å². The van der Waals surface area contributed by atoms with Gasteiger partial charge in [0, 0.05) is 16.8 Å². The summed E-state index contributed by atoms with van der Waals surface area (Å²) in [6.07, 6.45) is 1.72. The summed E-state index contributed by atoms with van der Waals surface area (Å²) in [7, 11) is 0. The maximum atomic E-state index is 11.4. The van der Waals surface area contributed by atoms with Crippen molar-refractivity contribution in [1.29, 1.82) is 0 Å². The Balaban J connectivity index is 1.69. The van der Waals surface area contributed by atoms with Crippen molar-refractivity contribution in [2.24, 2.45) is 10.1 Å². The van der Waals surface area contributed by atoms with Crippen molar-refractivity contribution in [2.45, 2.75) is 0 Å². The molecule has 0 fully saturated rings. The lowest BCUT2D eigenvalue weighted by Crippen LogP contribution is -2.11. The maximum absolute atomic E-state index is 11.4. The van der Waals surface area contributed by atoms with Gasteiger partial charge in [-0.05, 0) is 23.8 Å². The van der Waals surface area contributed by atoms with Crippen LogP contribution >= 0.6 is 11.3 Å². The minimum absolute atomic E-state index is 0.0650. The van der Waals surface area contributed by atoms with Crippen molar-refractivity contribution in [1.82, 2.24) is 4.68 Å². The zero-order chi connectivity index (χ0) is 21.9. The van der Waals surface area contributed by atoms with E-state index in [0.29, 0.717) is 16.3 Å². The second-order valence-corrected chi connectivity index (χ2v) is 7.71. The molecule has 0 aliphatic heterocycles. The molecule has 0 spiro atoms. The molecule has 8 heteroatoms. The maximum Gasteiger partial charge on any atom is 0.294 e. The van der Waals surface area contributed by atoms with Crippen molar-refractivity contribution >= 4 is 39.9 Å². The molecule has 0 N–H and O–H groups in total. The molecule has 7 nitrogen and oxygen atoms in total. The number of nitro benzene ring substituents is 1. The predicted octanol–water partition coefficient (Wildman–Crippen LogP) is 5.99. The van der Waals surface area contributed by atoms with E-state index in [-0.39, 0.29) is 11.4 Å². The van der Waals surface area contributed by atoms with Crippen molar-refractivity contribution in [3.8, 4) is 11.5 Å². The topological polar surface area (TPSA) is 85.9 Å². The molecule has 0 atom stereocenters. The SMILES string of the molecule is O=[N+]([O-])c1ccccc1N=c1scc(-c2cc3ccccc3o2)n1N=Cc1ccccc1. The molecule has 0 unspecified atom stereocenters. The highest BCUT2D eigenvalue weighted by Crippen LogP contribution is 2.29. The number of aromatic nitrogens is 1. The molecule has 2 heterocycles. The van der Waals surface area contributed by atoms with Crippen molar-refractivity contribution in [2.75, 3.05) is 0 Å². The number of benzene rings is 3. The minimum atomic E-state index is -0.440. The lowest BCUT2D eigenvalue weighted by molar-refractivity contribution is -0.384. The zero-order valence-electron chi connectivity index (χ0n) is 16.7. The molecule has 5 rings (SSSR count). The summed E-state index contributed by atoms with van der Waals surface area (Å²) in [6, 6.07) is 25.8. The van der Waals surface area contributed by atoms with Crippen LogP contribution < -0.4 is 4.80 Å². The lowest BCUT2D eigenvalue weighted by atomic mass is 10.2. The number of nitrogens with zero attached hydrogens (tertiary/aromatic N) is 4. The van der Waals surface area contributed by atoms with Gasteiger partial charge < -0.3 is 4.42 Å². The summed E-state index contributed by atoms with van der Waals surface area (Å²) >= 11 is 1.33. The Labute approximate surface area is 186 Å². The van der Waals surface area contributed by atoms with Gasteiger partial charge in [-0.2, -0.15) is 5.10 Å². The van der Waals surface area contributed by atoms with Crippen LogP contribution in [0.15, 0.2) is 105 Å².